The Hall–Kier alpha value is -1.35. The van der Waals surface area contributed by atoms with Crippen LogP contribution in [-0.4, -0.2) is 11.7 Å². The third-order valence-electron chi connectivity index (χ3n) is 2.39. The minimum atomic E-state index is 0.0954. The predicted octanol–water partition coefficient (Wildman–Crippen LogP) is 4.56. The minimum Gasteiger partial charge on any atom is -0.503 e. The average molecular weight is 264 g/mol. The van der Waals surface area contributed by atoms with Gasteiger partial charge in [-0.25, -0.2) is 0 Å². The number of aliphatic hydroxyl groups excluding tert-OH is 1. The molecule has 0 unspecified atom stereocenters. The van der Waals surface area contributed by atoms with Crippen molar-refractivity contribution in [2.24, 2.45) is 0 Å². The third-order valence-corrected chi connectivity index (χ3v) is 2.86. The number of hydrogen-bond acceptors (Lipinski definition) is 3. The van der Waals surface area contributed by atoms with E-state index in [1.54, 1.807) is 0 Å². The molecule has 0 aliphatic heterocycles. The molecular formula is C15H20O2S. The summed E-state index contributed by atoms with van der Waals surface area (Å²) in [5, 5.41) is 10.2. The first-order chi connectivity index (χ1) is 8.57. The van der Waals surface area contributed by atoms with Crippen molar-refractivity contribution in [2.75, 3.05) is 6.61 Å². The molecule has 1 rings (SSSR count). The molecule has 0 spiro atoms. The first kappa shape index (κ1) is 14.7. The molecule has 0 amide bonds. The summed E-state index contributed by atoms with van der Waals surface area (Å²) < 4.78 is 5.58. The van der Waals surface area contributed by atoms with Gasteiger partial charge in [0, 0.05) is 0 Å². The van der Waals surface area contributed by atoms with Crippen LogP contribution in [0.5, 0.6) is 0 Å². The third kappa shape index (κ3) is 3.84. The van der Waals surface area contributed by atoms with E-state index in [1.807, 2.05) is 51.1 Å². The zero-order valence-electron chi connectivity index (χ0n) is 11.1. The first-order valence-corrected chi connectivity index (χ1v) is 6.51. The van der Waals surface area contributed by atoms with Crippen molar-refractivity contribution in [1.29, 1.82) is 0 Å². The molecule has 0 saturated carbocycles. The maximum atomic E-state index is 10.2. The molecule has 0 saturated heterocycles. The van der Waals surface area contributed by atoms with Gasteiger partial charge < -0.3 is 9.84 Å². The number of thiol groups is 1. The highest BCUT2D eigenvalue weighted by Gasteiger charge is 2.12. The van der Waals surface area contributed by atoms with Crippen LogP contribution in [0.3, 0.4) is 0 Å². The molecule has 18 heavy (non-hydrogen) atoms. The summed E-state index contributed by atoms with van der Waals surface area (Å²) in [7, 11) is 0. The van der Waals surface area contributed by atoms with Gasteiger partial charge in [0.2, 0.25) is 0 Å². The van der Waals surface area contributed by atoms with Crippen LogP contribution in [0.4, 0.5) is 0 Å². The molecule has 1 aromatic rings. The Bertz CT molecular complexity index is 443. The lowest BCUT2D eigenvalue weighted by Gasteiger charge is -2.13. The maximum Gasteiger partial charge on any atom is 0.171 e. The van der Waals surface area contributed by atoms with Crippen molar-refractivity contribution in [2.45, 2.75) is 27.2 Å². The predicted molar refractivity (Wildman–Crippen MR) is 79.6 cm³/mol. The van der Waals surface area contributed by atoms with E-state index in [-0.39, 0.29) is 5.76 Å². The average Bonchev–Trinajstić information content (AvgIpc) is 2.38. The number of hydrogen-bond donors (Lipinski definition) is 2. The number of aliphatic hydroxyl groups is 1. The normalized spacial score (nSPS) is 11.8. The second kappa shape index (κ2) is 7.17. The van der Waals surface area contributed by atoms with Gasteiger partial charge in [0.15, 0.2) is 11.5 Å². The zero-order chi connectivity index (χ0) is 13.5. The van der Waals surface area contributed by atoms with Crippen molar-refractivity contribution in [3.63, 3.8) is 0 Å². The molecule has 0 aliphatic carbocycles. The molecule has 0 fully saturated rings. The van der Waals surface area contributed by atoms with Crippen molar-refractivity contribution >= 4 is 17.5 Å². The van der Waals surface area contributed by atoms with Crippen molar-refractivity contribution in [3.8, 4) is 0 Å². The summed E-state index contributed by atoms with van der Waals surface area (Å²) >= 11 is 4.39. The Morgan fingerprint density at radius 3 is 2.33 bits per heavy atom. The second-order valence-electron chi connectivity index (χ2n) is 4.24. The standard InChI is InChI=1S/C15H20O2S/c1-4-10-17-14(11(2)3)13(16)15(18)12-8-6-5-7-9-12/h5-9,16,18H,4,10H2,1-3H3/b15-13+. The summed E-state index contributed by atoms with van der Waals surface area (Å²) in [5.41, 5.74) is 1.81. The molecule has 0 bridgehead atoms. The number of rotatable bonds is 5. The minimum absolute atomic E-state index is 0.0954. The van der Waals surface area contributed by atoms with Crippen molar-refractivity contribution in [3.05, 3.63) is 53.0 Å². The van der Waals surface area contributed by atoms with Crippen LogP contribution >= 0.6 is 12.6 Å². The summed E-state index contributed by atoms with van der Waals surface area (Å²) in [6.45, 7) is 6.43. The molecule has 2 nitrogen and oxygen atoms in total. The Balaban J connectivity index is 3.09. The van der Waals surface area contributed by atoms with E-state index < -0.39 is 0 Å². The molecule has 98 valence electrons. The van der Waals surface area contributed by atoms with Gasteiger partial charge in [0.25, 0.3) is 0 Å². The molecule has 0 aliphatic rings. The van der Waals surface area contributed by atoms with Gasteiger partial charge in [-0.05, 0) is 31.4 Å². The first-order valence-electron chi connectivity index (χ1n) is 6.06. The van der Waals surface area contributed by atoms with Gasteiger partial charge in [0.05, 0.1) is 11.5 Å². The van der Waals surface area contributed by atoms with Gasteiger partial charge in [-0.1, -0.05) is 37.3 Å². The summed E-state index contributed by atoms with van der Waals surface area (Å²) in [6.07, 6.45) is 0.900. The van der Waals surface area contributed by atoms with E-state index in [1.165, 1.54) is 0 Å². The van der Waals surface area contributed by atoms with Gasteiger partial charge in [-0.3, -0.25) is 0 Å². The summed E-state index contributed by atoms with van der Waals surface area (Å²) in [4.78, 5) is 0.530. The molecule has 1 aromatic carbocycles. The van der Waals surface area contributed by atoms with Crippen LogP contribution in [0.2, 0.25) is 0 Å². The fraction of sp³-hybridized carbons (Fsp3) is 0.333. The highest BCUT2D eigenvalue weighted by molar-refractivity contribution is 7.90. The number of ether oxygens (including phenoxy) is 1. The summed E-state index contributed by atoms with van der Waals surface area (Å²) in [6, 6.07) is 9.56. The van der Waals surface area contributed by atoms with Crippen LogP contribution in [0.15, 0.2) is 47.4 Å². The zero-order valence-corrected chi connectivity index (χ0v) is 12.0. The van der Waals surface area contributed by atoms with Crippen LogP contribution in [-0.2, 0) is 4.74 Å². The largest absolute Gasteiger partial charge is 0.503 e. The lowest BCUT2D eigenvalue weighted by Crippen LogP contribution is -2.01. The lowest BCUT2D eigenvalue weighted by atomic mass is 10.1. The highest BCUT2D eigenvalue weighted by atomic mass is 32.1. The molecule has 0 atom stereocenters. The van der Waals surface area contributed by atoms with Gasteiger partial charge >= 0.3 is 0 Å². The van der Waals surface area contributed by atoms with Gasteiger partial charge in [-0.2, -0.15) is 0 Å². The van der Waals surface area contributed by atoms with Gasteiger partial charge in [-0.15, -0.1) is 12.6 Å². The van der Waals surface area contributed by atoms with E-state index in [9.17, 15) is 5.11 Å². The highest BCUT2D eigenvalue weighted by Crippen LogP contribution is 2.27. The molecule has 0 aromatic heterocycles. The lowest BCUT2D eigenvalue weighted by molar-refractivity contribution is 0.192. The Kier molecular flexibility index (Phi) is 5.86. The number of allylic oxidation sites excluding steroid dienone is 1. The van der Waals surface area contributed by atoms with Crippen molar-refractivity contribution in [1.82, 2.24) is 0 Å². The van der Waals surface area contributed by atoms with Crippen LogP contribution < -0.4 is 0 Å². The van der Waals surface area contributed by atoms with Crippen LogP contribution in [0.1, 0.15) is 32.8 Å². The molecule has 0 radical (unpaired) electrons. The quantitative estimate of drug-likeness (QED) is 0.463. The Morgan fingerprint density at radius 2 is 1.83 bits per heavy atom. The maximum absolute atomic E-state index is 10.2. The molecular weight excluding hydrogens is 244 g/mol. The Morgan fingerprint density at radius 1 is 1.22 bits per heavy atom. The van der Waals surface area contributed by atoms with E-state index >= 15 is 0 Å². The topological polar surface area (TPSA) is 29.5 Å². The smallest absolute Gasteiger partial charge is 0.171 e. The van der Waals surface area contributed by atoms with E-state index in [0.717, 1.165) is 17.6 Å². The van der Waals surface area contributed by atoms with E-state index in [4.69, 9.17) is 4.74 Å². The molecule has 1 N–H and O–H groups in total. The fourth-order valence-corrected chi connectivity index (χ4v) is 1.74. The van der Waals surface area contributed by atoms with Crippen LogP contribution in [0.25, 0.3) is 4.91 Å². The number of benzene rings is 1. The fourth-order valence-electron chi connectivity index (χ4n) is 1.49. The van der Waals surface area contributed by atoms with E-state index in [2.05, 4.69) is 12.6 Å². The SMILES string of the molecule is CCCOC(=C(C)C)/C(O)=C(\S)c1ccccc1. The second-order valence-corrected chi connectivity index (χ2v) is 4.69. The van der Waals surface area contributed by atoms with Gasteiger partial charge in [0.1, 0.15) is 0 Å². The van der Waals surface area contributed by atoms with E-state index in [0.29, 0.717) is 17.3 Å². The summed E-state index contributed by atoms with van der Waals surface area (Å²) in [5.74, 6) is 0.615. The monoisotopic (exact) mass is 264 g/mol. The molecule has 0 heterocycles. The Labute approximate surface area is 114 Å². The molecule has 3 heteroatoms. The van der Waals surface area contributed by atoms with Crippen molar-refractivity contribution < 1.29 is 9.84 Å². The van der Waals surface area contributed by atoms with Crippen LogP contribution in [0, 0.1) is 0 Å².